The van der Waals surface area contributed by atoms with Gasteiger partial charge in [0.15, 0.2) is 0 Å². The van der Waals surface area contributed by atoms with E-state index in [1.165, 1.54) is 0 Å². The van der Waals surface area contributed by atoms with E-state index < -0.39 is 0 Å². The lowest BCUT2D eigenvalue weighted by molar-refractivity contribution is -0.0510. The van der Waals surface area contributed by atoms with Crippen LogP contribution in [-0.2, 0) is 6.42 Å². The molecule has 94 valence electrons. The number of anilines is 1. The summed E-state index contributed by atoms with van der Waals surface area (Å²) in [5.74, 6) is 0. The SMILES string of the molecule is CC1(C)C(O)CC1Nc1ccc(CCO)cc1. The van der Waals surface area contributed by atoms with Crippen molar-refractivity contribution in [1.29, 1.82) is 0 Å². The number of rotatable bonds is 4. The van der Waals surface area contributed by atoms with E-state index in [-0.39, 0.29) is 18.1 Å². The van der Waals surface area contributed by atoms with E-state index in [2.05, 4.69) is 19.2 Å². The van der Waals surface area contributed by atoms with Gasteiger partial charge in [-0.05, 0) is 30.5 Å². The lowest BCUT2D eigenvalue weighted by Gasteiger charge is -2.49. The average Bonchev–Trinajstić information content (AvgIpc) is 2.31. The second-order valence-electron chi connectivity index (χ2n) is 5.44. The highest BCUT2D eigenvalue weighted by Gasteiger charge is 2.47. The van der Waals surface area contributed by atoms with Crippen LogP contribution in [0.2, 0.25) is 0 Å². The second kappa shape index (κ2) is 4.67. The molecular formula is C14H21NO2. The molecule has 0 heterocycles. The standard InChI is InChI=1S/C14H21NO2/c1-14(2)12(9-13(14)17)15-11-5-3-10(4-6-11)7-8-16/h3-6,12-13,15-17H,7-9H2,1-2H3. The van der Waals surface area contributed by atoms with Gasteiger partial charge in [0.05, 0.1) is 6.10 Å². The lowest BCUT2D eigenvalue weighted by Crippen LogP contribution is -2.56. The molecule has 2 unspecified atom stereocenters. The smallest absolute Gasteiger partial charge is 0.0630 e. The summed E-state index contributed by atoms with van der Waals surface area (Å²) in [7, 11) is 0. The van der Waals surface area contributed by atoms with E-state index in [4.69, 9.17) is 5.11 Å². The van der Waals surface area contributed by atoms with Crippen molar-refractivity contribution in [2.75, 3.05) is 11.9 Å². The fourth-order valence-electron chi connectivity index (χ4n) is 2.25. The Hall–Kier alpha value is -1.06. The van der Waals surface area contributed by atoms with E-state index in [0.29, 0.717) is 12.5 Å². The molecule has 1 aromatic carbocycles. The molecule has 3 nitrogen and oxygen atoms in total. The number of hydrogen-bond acceptors (Lipinski definition) is 3. The Morgan fingerprint density at radius 1 is 1.29 bits per heavy atom. The first-order valence-electron chi connectivity index (χ1n) is 6.18. The molecule has 1 aromatic rings. The minimum atomic E-state index is -0.200. The van der Waals surface area contributed by atoms with Gasteiger partial charge < -0.3 is 15.5 Å². The van der Waals surface area contributed by atoms with Crippen LogP contribution in [0.5, 0.6) is 0 Å². The molecule has 0 aliphatic heterocycles. The van der Waals surface area contributed by atoms with Crippen molar-refractivity contribution >= 4 is 5.69 Å². The van der Waals surface area contributed by atoms with Crippen molar-refractivity contribution in [2.45, 2.75) is 38.8 Å². The minimum Gasteiger partial charge on any atom is -0.396 e. The Balaban J connectivity index is 1.96. The van der Waals surface area contributed by atoms with Crippen LogP contribution in [0.25, 0.3) is 0 Å². The van der Waals surface area contributed by atoms with Crippen molar-refractivity contribution < 1.29 is 10.2 Å². The minimum absolute atomic E-state index is 0.0518. The van der Waals surface area contributed by atoms with E-state index in [0.717, 1.165) is 17.7 Å². The van der Waals surface area contributed by atoms with Crippen LogP contribution >= 0.6 is 0 Å². The van der Waals surface area contributed by atoms with Crippen LogP contribution in [0.3, 0.4) is 0 Å². The zero-order chi connectivity index (χ0) is 12.5. The van der Waals surface area contributed by atoms with Crippen LogP contribution in [0.15, 0.2) is 24.3 Å². The molecule has 2 atom stereocenters. The Morgan fingerprint density at radius 2 is 1.94 bits per heavy atom. The summed E-state index contributed by atoms with van der Waals surface area (Å²) in [4.78, 5) is 0. The van der Waals surface area contributed by atoms with Gasteiger partial charge in [0.2, 0.25) is 0 Å². The second-order valence-corrected chi connectivity index (χ2v) is 5.44. The third kappa shape index (κ3) is 2.45. The summed E-state index contributed by atoms with van der Waals surface area (Å²) in [5.41, 5.74) is 2.17. The number of nitrogens with one attached hydrogen (secondary N) is 1. The van der Waals surface area contributed by atoms with E-state index in [1.807, 2.05) is 24.3 Å². The van der Waals surface area contributed by atoms with Crippen molar-refractivity contribution in [1.82, 2.24) is 0 Å². The lowest BCUT2D eigenvalue weighted by atomic mass is 9.64. The molecule has 0 aromatic heterocycles. The molecule has 2 rings (SSSR count). The van der Waals surface area contributed by atoms with Gasteiger partial charge in [0.1, 0.15) is 0 Å². The topological polar surface area (TPSA) is 52.5 Å². The highest BCUT2D eigenvalue weighted by atomic mass is 16.3. The normalized spacial score (nSPS) is 26.4. The van der Waals surface area contributed by atoms with Gasteiger partial charge in [-0.25, -0.2) is 0 Å². The molecule has 0 saturated heterocycles. The zero-order valence-corrected chi connectivity index (χ0v) is 10.5. The molecular weight excluding hydrogens is 214 g/mol. The Labute approximate surface area is 102 Å². The molecule has 0 amide bonds. The quantitative estimate of drug-likeness (QED) is 0.746. The molecule has 1 aliphatic rings. The van der Waals surface area contributed by atoms with Gasteiger partial charge in [0.25, 0.3) is 0 Å². The molecule has 0 spiro atoms. The number of aliphatic hydroxyl groups excluding tert-OH is 2. The molecule has 1 saturated carbocycles. The molecule has 3 N–H and O–H groups in total. The van der Waals surface area contributed by atoms with Crippen LogP contribution in [0.1, 0.15) is 25.8 Å². The Morgan fingerprint density at radius 3 is 2.41 bits per heavy atom. The third-order valence-electron chi connectivity index (χ3n) is 3.91. The monoisotopic (exact) mass is 235 g/mol. The highest BCUT2D eigenvalue weighted by Crippen LogP contribution is 2.42. The first kappa shape index (κ1) is 12.4. The van der Waals surface area contributed by atoms with Gasteiger partial charge in [-0.2, -0.15) is 0 Å². The van der Waals surface area contributed by atoms with E-state index in [1.54, 1.807) is 0 Å². The van der Waals surface area contributed by atoms with Crippen LogP contribution < -0.4 is 5.32 Å². The molecule has 1 aliphatic carbocycles. The Bertz CT molecular complexity index is 372. The van der Waals surface area contributed by atoms with Crippen LogP contribution in [0, 0.1) is 5.41 Å². The van der Waals surface area contributed by atoms with E-state index in [9.17, 15) is 5.11 Å². The van der Waals surface area contributed by atoms with Gasteiger partial charge in [0, 0.05) is 23.8 Å². The summed E-state index contributed by atoms with van der Waals surface area (Å²) >= 11 is 0. The first-order chi connectivity index (χ1) is 8.04. The van der Waals surface area contributed by atoms with Crippen molar-refractivity contribution in [3.05, 3.63) is 29.8 Å². The number of hydrogen-bond donors (Lipinski definition) is 3. The zero-order valence-electron chi connectivity index (χ0n) is 10.5. The summed E-state index contributed by atoms with van der Waals surface area (Å²) < 4.78 is 0. The molecule has 0 bridgehead atoms. The maximum Gasteiger partial charge on any atom is 0.0630 e. The van der Waals surface area contributed by atoms with Crippen molar-refractivity contribution in [3.8, 4) is 0 Å². The summed E-state index contributed by atoms with van der Waals surface area (Å²) in [6, 6.07) is 8.46. The molecule has 1 fully saturated rings. The number of benzene rings is 1. The first-order valence-corrected chi connectivity index (χ1v) is 6.18. The maximum absolute atomic E-state index is 9.67. The molecule has 3 heteroatoms. The van der Waals surface area contributed by atoms with Gasteiger partial charge >= 0.3 is 0 Å². The molecule has 0 radical (unpaired) electrons. The molecule has 17 heavy (non-hydrogen) atoms. The van der Waals surface area contributed by atoms with Crippen molar-refractivity contribution in [3.63, 3.8) is 0 Å². The summed E-state index contributed by atoms with van der Waals surface area (Å²) in [6.07, 6.45) is 1.31. The summed E-state index contributed by atoms with van der Waals surface area (Å²) in [6.45, 7) is 4.35. The highest BCUT2D eigenvalue weighted by molar-refractivity contribution is 5.46. The maximum atomic E-state index is 9.67. The fraction of sp³-hybridized carbons (Fsp3) is 0.571. The van der Waals surface area contributed by atoms with Gasteiger partial charge in [-0.15, -0.1) is 0 Å². The largest absolute Gasteiger partial charge is 0.396 e. The predicted molar refractivity (Wildman–Crippen MR) is 69.0 cm³/mol. The van der Waals surface area contributed by atoms with Crippen molar-refractivity contribution in [2.24, 2.45) is 5.41 Å². The Kier molecular flexibility index (Phi) is 3.40. The van der Waals surface area contributed by atoms with E-state index >= 15 is 0 Å². The van der Waals surface area contributed by atoms with Crippen LogP contribution in [-0.4, -0.2) is 29.0 Å². The average molecular weight is 235 g/mol. The van der Waals surface area contributed by atoms with Gasteiger partial charge in [-0.3, -0.25) is 0 Å². The van der Waals surface area contributed by atoms with Crippen LogP contribution in [0.4, 0.5) is 5.69 Å². The number of aliphatic hydroxyl groups is 2. The third-order valence-corrected chi connectivity index (χ3v) is 3.91. The van der Waals surface area contributed by atoms with Gasteiger partial charge in [-0.1, -0.05) is 26.0 Å². The summed E-state index contributed by atoms with van der Waals surface area (Å²) in [5, 5.41) is 22.0. The predicted octanol–water partition coefficient (Wildman–Crippen LogP) is 1.79. The fourth-order valence-corrected chi connectivity index (χ4v) is 2.25.